The first-order chi connectivity index (χ1) is 22.0. The first-order valence-corrected chi connectivity index (χ1v) is 19.0. The van der Waals surface area contributed by atoms with E-state index in [2.05, 4.69) is 27.8 Å². The van der Waals surface area contributed by atoms with Crippen LogP contribution in [0.2, 0.25) is 0 Å². The molecule has 1 aliphatic heterocycles. The lowest BCUT2D eigenvalue weighted by molar-refractivity contribution is -0.145. The van der Waals surface area contributed by atoms with Crippen LogP contribution >= 0.6 is 0 Å². The molecule has 0 radical (unpaired) electrons. The van der Waals surface area contributed by atoms with Crippen LogP contribution in [0.3, 0.4) is 0 Å². The van der Waals surface area contributed by atoms with Crippen LogP contribution in [-0.2, 0) is 29.0 Å². The minimum Gasteiger partial charge on any atom is -0.346 e. The Balaban J connectivity index is 1.85. The summed E-state index contributed by atoms with van der Waals surface area (Å²) < 4.78 is 25.6. The van der Waals surface area contributed by atoms with E-state index in [4.69, 9.17) is 0 Å². The van der Waals surface area contributed by atoms with E-state index in [0.717, 1.165) is 19.3 Å². The average Bonchev–Trinajstić information content (AvgIpc) is 3.28. The van der Waals surface area contributed by atoms with Gasteiger partial charge in [-0.2, -0.15) is 0 Å². The van der Waals surface area contributed by atoms with Crippen LogP contribution in [0.5, 0.6) is 0 Å². The number of nitrogens with zero attached hydrogens (tertiary/aromatic N) is 1. The fourth-order valence-corrected chi connectivity index (χ4v) is 8.90. The number of ketones is 1. The van der Waals surface area contributed by atoms with E-state index >= 15 is 0 Å². The van der Waals surface area contributed by atoms with Crippen molar-refractivity contribution in [3.8, 4) is 0 Å². The van der Waals surface area contributed by atoms with Crippen LogP contribution in [0, 0.1) is 22.7 Å². The van der Waals surface area contributed by atoms with E-state index in [9.17, 15) is 32.4 Å². The Bertz CT molecular complexity index is 1370. The third-order valence-corrected chi connectivity index (χ3v) is 13.4. The van der Waals surface area contributed by atoms with Crippen molar-refractivity contribution in [2.75, 3.05) is 18.8 Å². The summed E-state index contributed by atoms with van der Waals surface area (Å²) in [4.78, 5) is 69.0. The Morgan fingerprint density at radius 1 is 0.979 bits per heavy atom. The number of amides is 5. The topological polar surface area (TPSA) is 171 Å². The highest BCUT2D eigenvalue weighted by Gasteiger charge is 2.70. The molecule has 4 unspecified atom stereocenters. The molecular weight excluding hydrogens is 634 g/mol. The summed E-state index contributed by atoms with van der Waals surface area (Å²) in [6, 6.07) is -3.61. The maximum absolute atomic E-state index is 14.4. The minimum atomic E-state index is -3.56. The average molecular weight is 694 g/mol. The lowest BCUT2D eigenvalue weighted by Gasteiger charge is -2.41. The molecule has 12 nitrogen and oxygen atoms in total. The molecule has 3 rings (SSSR count). The van der Waals surface area contributed by atoms with Gasteiger partial charge in [-0.3, -0.25) is 19.2 Å². The zero-order valence-electron chi connectivity index (χ0n) is 30.5. The van der Waals surface area contributed by atoms with Gasteiger partial charge in [-0.1, -0.05) is 73.3 Å². The van der Waals surface area contributed by atoms with Crippen molar-refractivity contribution in [3.63, 3.8) is 0 Å². The maximum atomic E-state index is 14.4. The molecule has 0 aromatic rings. The number of rotatable bonds is 13. The minimum absolute atomic E-state index is 0.0518. The van der Waals surface area contributed by atoms with Gasteiger partial charge in [0.25, 0.3) is 5.91 Å². The molecule has 3 fully saturated rings. The Morgan fingerprint density at radius 2 is 1.58 bits per heavy atom. The number of urea groups is 1. The second-order valence-corrected chi connectivity index (χ2v) is 19.5. The van der Waals surface area contributed by atoms with Gasteiger partial charge in [0.15, 0.2) is 9.84 Å². The predicted molar refractivity (Wildman–Crippen MR) is 186 cm³/mol. The van der Waals surface area contributed by atoms with E-state index in [1.54, 1.807) is 20.8 Å². The lowest BCUT2D eigenvalue weighted by atomic mass is 9.83. The van der Waals surface area contributed by atoms with Gasteiger partial charge in [0.1, 0.15) is 12.1 Å². The van der Waals surface area contributed by atoms with Crippen LogP contribution in [0.25, 0.3) is 0 Å². The van der Waals surface area contributed by atoms with Gasteiger partial charge in [0.05, 0.1) is 22.1 Å². The zero-order valence-corrected chi connectivity index (χ0v) is 31.3. The second-order valence-electron chi connectivity index (χ2n) is 16.7. The van der Waals surface area contributed by atoms with E-state index in [1.807, 2.05) is 41.5 Å². The molecule has 5 atom stereocenters. The van der Waals surface area contributed by atoms with E-state index in [-0.39, 0.29) is 36.0 Å². The maximum Gasteiger partial charge on any atom is 0.315 e. The molecule has 0 aromatic carbocycles. The summed E-state index contributed by atoms with van der Waals surface area (Å²) in [6.07, 6.45) is 5.79. The number of piperidine rings is 1. The van der Waals surface area contributed by atoms with Crippen molar-refractivity contribution in [3.05, 3.63) is 12.7 Å². The summed E-state index contributed by atoms with van der Waals surface area (Å²) in [5, 5.41) is 11.1. The molecule has 3 aliphatic rings. The third-order valence-electron chi connectivity index (χ3n) is 10.6. The first-order valence-electron chi connectivity index (χ1n) is 17.4. The molecule has 13 heteroatoms. The molecular formula is C35H59N5O7S. The SMILES string of the molecule is C=CCNC(=O)C(=O)C(CCC)NC(=O)C1C2C(CN1C(=O)[C@@H](NC(=O)NC1(CS(=O)(=O)C(C)(C)C)CCCCC1)C(C)(C)C)C2(C)C. The van der Waals surface area contributed by atoms with Gasteiger partial charge in [-0.15, -0.1) is 6.58 Å². The normalized spacial score (nSPS) is 24.4. The van der Waals surface area contributed by atoms with Crippen molar-refractivity contribution >= 4 is 39.4 Å². The highest BCUT2D eigenvalue weighted by atomic mass is 32.2. The number of carbonyl (C=O) groups is 5. The van der Waals surface area contributed by atoms with Gasteiger partial charge in [-0.25, -0.2) is 13.2 Å². The van der Waals surface area contributed by atoms with Crippen LogP contribution in [0.4, 0.5) is 4.79 Å². The standard InChI is InChI=1S/C35H59N5O7S/c1-11-16-23(26(41)29(43)36-19-12-2)37-28(42)25-24-22(34(24,9)10)20-40(25)30(44)27(32(3,4)5)38-31(45)39-35(17-14-13-15-18-35)21-48(46,47)33(6,7)8/h12,22-25,27H,2,11,13-21H2,1,3-10H3,(H,36,43)(H,37,42)(H2,38,39,45)/t22?,23?,24?,25?,27-/m1/s1. The Labute approximate surface area is 287 Å². The number of fused-ring (bicyclic) bond motifs is 1. The van der Waals surface area contributed by atoms with Crippen molar-refractivity contribution in [2.24, 2.45) is 22.7 Å². The number of carbonyl (C=O) groups excluding carboxylic acids is 5. The molecule has 1 heterocycles. The molecule has 1 saturated heterocycles. The lowest BCUT2D eigenvalue weighted by Crippen LogP contribution is -2.64. The molecule has 2 saturated carbocycles. The monoisotopic (exact) mass is 693 g/mol. The number of Topliss-reactive ketones (excluding diaryl/α,β-unsaturated/α-hetero) is 1. The van der Waals surface area contributed by atoms with E-state index < -0.39 is 73.2 Å². The molecule has 0 aromatic heterocycles. The largest absolute Gasteiger partial charge is 0.346 e. The van der Waals surface area contributed by atoms with Gasteiger partial charge >= 0.3 is 6.03 Å². The van der Waals surface area contributed by atoms with Crippen LogP contribution < -0.4 is 21.3 Å². The van der Waals surface area contributed by atoms with E-state index in [0.29, 0.717) is 25.8 Å². The van der Waals surface area contributed by atoms with Crippen molar-refractivity contribution < 1.29 is 32.4 Å². The number of nitrogens with one attached hydrogen (secondary N) is 4. The Morgan fingerprint density at radius 3 is 2.10 bits per heavy atom. The fraction of sp³-hybridized carbons (Fsp3) is 0.800. The second kappa shape index (κ2) is 14.5. The first kappa shape index (κ1) is 39.5. The zero-order chi connectivity index (χ0) is 36.5. The van der Waals surface area contributed by atoms with Crippen LogP contribution in [0.15, 0.2) is 12.7 Å². The third kappa shape index (κ3) is 8.60. The molecule has 48 heavy (non-hydrogen) atoms. The summed E-state index contributed by atoms with van der Waals surface area (Å²) in [5.74, 6) is -2.80. The highest BCUT2D eigenvalue weighted by Crippen LogP contribution is 2.65. The van der Waals surface area contributed by atoms with Crippen molar-refractivity contribution in [2.45, 2.75) is 136 Å². The van der Waals surface area contributed by atoms with Crippen LogP contribution in [0.1, 0.15) is 107 Å². The van der Waals surface area contributed by atoms with Crippen LogP contribution in [-0.4, -0.2) is 90.1 Å². The molecule has 5 amide bonds. The smallest absolute Gasteiger partial charge is 0.315 e. The Hall–Kier alpha value is -2.96. The predicted octanol–water partition coefficient (Wildman–Crippen LogP) is 3.26. The summed E-state index contributed by atoms with van der Waals surface area (Å²) in [5.41, 5.74) is -1.93. The van der Waals surface area contributed by atoms with Gasteiger partial charge in [0.2, 0.25) is 17.6 Å². The molecule has 0 bridgehead atoms. The quantitative estimate of drug-likeness (QED) is 0.169. The number of likely N-dealkylation sites (tertiary alicyclic amines) is 1. The van der Waals surface area contributed by atoms with Gasteiger partial charge < -0.3 is 26.2 Å². The van der Waals surface area contributed by atoms with Gasteiger partial charge in [-0.05, 0) is 62.7 Å². The summed E-state index contributed by atoms with van der Waals surface area (Å²) in [6.45, 7) is 20.3. The highest BCUT2D eigenvalue weighted by molar-refractivity contribution is 7.92. The van der Waals surface area contributed by atoms with Gasteiger partial charge in [0, 0.05) is 13.1 Å². The molecule has 272 valence electrons. The summed E-state index contributed by atoms with van der Waals surface area (Å²) in [7, 11) is -3.56. The number of sulfone groups is 1. The van der Waals surface area contributed by atoms with Crippen molar-refractivity contribution in [1.82, 2.24) is 26.2 Å². The Kier molecular flexibility index (Phi) is 11.9. The molecule has 0 spiro atoms. The van der Waals surface area contributed by atoms with Crippen molar-refractivity contribution in [1.29, 1.82) is 0 Å². The molecule has 4 N–H and O–H groups in total. The van der Waals surface area contributed by atoms with E-state index in [1.165, 1.54) is 11.0 Å². The summed E-state index contributed by atoms with van der Waals surface area (Å²) >= 11 is 0. The number of hydrogen-bond acceptors (Lipinski definition) is 7. The number of hydrogen-bond donors (Lipinski definition) is 4. The molecule has 2 aliphatic carbocycles. The fourth-order valence-electron chi connectivity index (χ4n) is 7.37.